The summed E-state index contributed by atoms with van der Waals surface area (Å²) in [5.41, 5.74) is 2.18. The molecule has 3 rings (SSSR count). The van der Waals surface area contributed by atoms with Gasteiger partial charge in [-0.3, -0.25) is 9.59 Å². The van der Waals surface area contributed by atoms with Crippen molar-refractivity contribution in [3.63, 3.8) is 0 Å². The Labute approximate surface area is 160 Å². The first-order valence-corrected chi connectivity index (χ1v) is 9.35. The minimum absolute atomic E-state index is 0.0182. The van der Waals surface area contributed by atoms with Crippen molar-refractivity contribution in [3.05, 3.63) is 65.7 Å². The minimum Gasteiger partial charge on any atom is -0.497 e. The van der Waals surface area contributed by atoms with Gasteiger partial charge in [0.2, 0.25) is 11.8 Å². The Kier molecular flexibility index (Phi) is 6.47. The predicted octanol–water partition coefficient (Wildman–Crippen LogP) is 2.45. The molecule has 0 aliphatic carbocycles. The van der Waals surface area contributed by atoms with E-state index in [2.05, 4.69) is 17.4 Å². The lowest BCUT2D eigenvalue weighted by Crippen LogP contribution is -2.32. The lowest BCUT2D eigenvalue weighted by molar-refractivity contribution is -0.127. The molecule has 2 aromatic carbocycles. The van der Waals surface area contributed by atoms with Crippen molar-refractivity contribution in [2.24, 2.45) is 5.92 Å². The van der Waals surface area contributed by atoms with Gasteiger partial charge in [0, 0.05) is 32.0 Å². The first kappa shape index (κ1) is 19.0. The Morgan fingerprint density at radius 2 is 1.85 bits per heavy atom. The fourth-order valence-corrected chi connectivity index (χ4v) is 3.36. The molecule has 0 aromatic heterocycles. The largest absolute Gasteiger partial charge is 0.497 e. The topological polar surface area (TPSA) is 58.6 Å². The molecule has 1 heterocycles. The Bertz CT molecular complexity index is 759. The number of hydrogen-bond donors (Lipinski definition) is 1. The van der Waals surface area contributed by atoms with E-state index in [9.17, 15) is 9.59 Å². The summed E-state index contributed by atoms with van der Waals surface area (Å²) in [5, 5.41) is 2.97. The Morgan fingerprint density at radius 3 is 2.56 bits per heavy atom. The molecular formula is C22H26N2O3. The average Bonchev–Trinajstić information content (AvgIpc) is 3.06. The van der Waals surface area contributed by atoms with Gasteiger partial charge in [-0.1, -0.05) is 42.5 Å². The maximum atomic E-state index is 12.2. The summed E-state index contributed by atoms with van der Waals surface area (Å²) < 4.78 is 5.12. The Hall–Kier alpha value is -2.82. The van der Waals surface area contributed by atoms with Crippen LogP contribution < -0.4 is 10.1 Å². The number of ether oxygens (including phenoxy) is 1. The maximum Gasteiger partial charge on any atom is 0.224 e. The van der Waals surface area contributed by atoms with E-state index in [0.29, 0.717) is 25.9 Å². The highest BCUT2D eigenvalue weighted by atomic mass is 16.5. The number of likely N-dealkylation sites (tertiary alicyclic amines) is 1. The molecule has 142 valence electrons. The average molecular weight is 366 g/mol. The summed E-state index contributed by atoms with van der Waals surface area (Å²) in [5.74, 6) is 1.13. The number of carbonyl (C=O) groups excluding carboxylic acids is 2. The van der Waals surface area contributed by atoms with Gasteiger partial charge in [-0.2, -0.15) is 0 Å². The van der Waals surface area contributed by atoms with E-state index in [1.54, 1.807) is 7.11 Å². The maximum absolute atomic E-state index is 12.2. The lowest BCUT2D eigenvalue weighted by atomic mass is 10.1. The molecule has 5 heteroatoms. The molecule has 0 bridgehead atoms. The van der Waals surface area contributed by atoms with E-state index in [4.69, 9.17) is 4.74 Å². The highest BCUT2D eigenvalue weighted by molar-refractivity contribution is 5.80. The second-order valence-corrected chi connectivity index (χ2v) is 6.97. The van der Waals surface area contributed by atoms with Crippen molar-refractivity contribution in [1.82, 2.24) is 10.2 Å². The van der Waals surface area contributed by atoms with Crippen molar-refractivity contribution in [2.75, 3.05) is 26.7 Å². The molecule has 2 amide bonds. The molecule has 1 N–H and O–H groups in total. The van der Waals surface area contributed by atoms with Crippen LogP contribution in [0.1, 0.15) is 17.5 Å². The molecule has 5 nitrogen and oxygen atoms in total. The molecule has 1 fully saturated rings. The molecule has 1 aliphatic heterocycles. The van der Waals surface area contributed by atoms with Crippen LogP contribution in [0.15, 0.2) is 54.6 Å². The molecule has 27 heavy (non-hydrogen) atoms. The smallest absolute Gasteiger partial charge is 0.224 e. The van der Waals surface area contributed by atoms with Gasteiger partial charge in [-0.25, -0.2) is 0 Å². The standard InChI is InChI=1S/C22H26N2O3/c1-27-20-9-7-18(8-10-20)13-21(25)23-15-19-14-22(26)24(16-19)12-11-17-5-3-2-4-6-17/h2-10,19H,11-16H2,1H3,(H,23,25). The monoisotopic (exact) mass is 366 g/mol. The molecule has 1 unspecified atom stereocenters. The SMILES string of the molecule is COc1ccc(CC(=O)NCC2CC(=O)N(CCc3ccccc3)C2)cc1. The fraction of sp³-hybridized carbons (Fsp3) is 0.364. The zero-order valence-electron chi connectivity index (χ0n) is 15.7. The minimum atomic E-state index is -0.0182. The molecule has 1 atom stereocenters. The number of methoxy groups -OCH3 is 1. The van der Waals surface area contributed by atoms with Gasteiger partial charge in [-0.15, -0.1) is 0 Å². The molecular weight excluding hydrogens is 340 g/mol. The summed E-state index contributed by atoms with van der Waals surface area (Å²) in [6, 6.07) is 17.7. The summed E-state index contributed by atoms with van der Waals surface area (Å²) in [6.07, 6.45) is 1.71. The van der Waals surface area contributed by atoms with Crippen LogP contribution in [0.4, 0.5) is 0 Å². The quantitative estimate of drug-likeness (QED) is 0.781. The molecule has 2 aromatic rings. The molecule has 1 saturated heterocycles. The second-order valence-electron chi connectivity index (χ2n) is 6.97. The second kappa shape index (κ2) is 9.21. The van der Waals surface area contributed by atoms with Gasteiger partial charge in [0.05, 0.1) is 13.5 Å². The summed E-state index contributed by atoms with van der Waals surface area (Å²) in [6.45, 7) is 2.00. The fourth-order valence-electron chi connectivity index (χ4n) is 3.36. The van der Waals surface area contributed by atoms with Crippen molar-refractivity contribution in [1.29, 1.82) is 0 Å². The molecule has 0 saturated carbocycles. The van der Waals surface area contributed by atoms with E-state index in [0.717, 1.165) is 24.3 Å². The van der Waals surface area contributed by atoms with Gasteiger partial charge < -0.3 is 15.0 Å². The van der Waals surface area contributed by atoms with Crippen LogP contribution in [0, 0.1) is 5.92 Å². The van der Waals surface area contributed by atoms with Gasteiger partial charge >= 0.3 is 0 Å². The van der Waals surface area contributed by atoms with Crippen molar-refractivity contribution in [2.45, 2.75) is 19.3 Å². The molecule has 0 radical (unpaired) electrons. The normalized spacial score (nSPS) is 16.4. The Balaban J connectivity index is 1.40. The summed E-state index contributed by atoms with van der Waals surface area (Å²) in [4.78, 5) is 26.3. The number of nitrogens with one attached hydrogen (secondary N) is 1. The van der Waals surface area contributed by atoms with Gasteiger partial charge in [-0.05, 0) is 29.7 Å². The van der Waals surface area contributed by atoms with Gasteiger partial charge in [0.1, 0.15) is 5.75 Å². The van der Waals surface area contributed by atoms with E-state index >= 15 is 0 Å². The van der Waals surface area contributed by atoms with E-state index in [1.807, 2.05) is 47.4 Å². The highest BCUT2D eigenvalue weighted by Crippen LogP contribution is 2.18. The third-order valence-corrected chi connectivity index (χ3v) is 4.92. The number of benzene rings is 2. The van der Waals surface area contributed by atoms with Crippen molar-refractivity contribution < 1.29 is 14.3 Å². The number of nitrogens with zero attached hydrogens (tertiary/aromatic N) is 1. The van der Waals surface area contributed by atoms with Crippen LogP contribution in [-0.2, 0) is 22.4 Å². The number of hydrogen-bond acceptors (Lipinski definition) is 3. The zero-order valence-corrected chi connectivity index (χ0v) is 15.7. The Morgan fingerprint density at radius 1 is 1.11 bits per heavy atom. The van der Waals surface area contributed by atoms with Crippen LogP contribution >= 0.6 is 0 Å². The van der Waals surface area contributed by atoms with Crippen LogP contribution in [0.5, 0.6) is 5.75 Å². The van der Waals surface area contributed by atoms with Crippen LogP contribution in [0.3, 0.4) is 0 Å². The highest BCUT2D eigenvalue weighted by Gasteiger charge is 2.29. The third-order valence-electron chi connectivity index (χ3n) is 4.92. The van der Waals surface area contributed by atoms with Gasteiger partial charge in [0.15, 0.2) is 0 Å². The van der Waals surface area contributed by atoms with Gasteiger partial charge in [0.25, 0.3) is 0 Å². The molecule has 0 spiro atoms. The van der Waals surface area contributed by atoms with Crippen LogP contribution in [0.25, 0.3) is 0 Å². The summed E-state index contributed by atoms with van der Waals surface area (Å²) >= 11 is 0. The summed E-state index contributed by atoms with van der Waals surface area (Å²) in [7, 11) is 1.62. The van der Waals surface area contributed by atoms with Crippen molar-refractivity contribution in [3.8, 4) is 5.75 Å². The number of amides is 2. The van der Waals surface area contributed by atoms with E-state index in [-0.39, 0.29) is 17.7 Å². The molecule has 1 aliphatic rings. The number of carbonyl (C=O) groups is 2. The first-order valence-electron chi connectivity index (χ1n) is 9.35. The van der Waals surface area contributed by atoms with Crippen LogP contribution in [-0.4, -0.2) is 43.5 Å². The van der Waals surface area contributed by atoms with E-state index < -0.39 is 0 Å². The number of rotatable bonds is 8. The van der Waals surface area contributed by atoms with Crippen molar-refractivity contribution >= 4 is 11.8 Å². The first-order chi connectivity index (χ1) is 13.1. The lowest BCUT2D eigenvalue weighted by Gasteiger charge is -2.17. The van der Waals surface area contributed by atoms with Crippen LogP contribution in [0.2, 0.25) is 0 Å². The van der Waals surface area contributed by atoms with E-state index in [1.165, 1.54) is 5.56 Å². The zero-order chi connectivity index (χ0) is 19.1. The predicted molar refractivity (Wildman–Crippen MR) is 105 cm³/mol. The third kappa shape index (κ3) is 5.58.